The number of anilines is 1. The minimum atomic E-state index is 0.144. The molecule has 0 aromatic heterocycles. The number of hydrogen-bond acceptors (Lipinski definition) is 3. The average Bonchev–Trinajstić information content (AvgIpc) is 2.96. The summed E-state index contributed by atoms with van der Waals surface area (Å²) in [5.41, 5.74) is 7.75. The fourth-order valence-corrected chi connectivity index (χ4v) is 2.77. The van der Waals surface area contributed by atoms with E-state index >= 15 is 0 Å². The zero-order chi connectivity index (χ0) is 15.9. The van der Waals surface area contributed by atoms with Gasteiger partial charge in [0.2, 0.25) is 5.91 Å². The Morgan fingerprint density at radius 3 is 2.73 bits per heavy atom. The van der Waals surface area contributed by atoms with Crippen molar-refractivity contribution in [2.45, 2.75) is 58.4 Å². The lowest BCUT2D eigenvalue weighted by Gasteiger charge is -2.13. The first-order chi connectivity index (χ1) is 10.5. The first-order valence-corrected chi connectivity index (χ1v) is 8.35. The quantitative estimate of drug-likeness (QED) is 0.760. The number of hydrogen-bond donors (Lipinski definition) is 2. The third-order valence-corrected chi connectivity index (χ3v) is 4.01. The minimum Gasteiger partial charge on any atom is -0.491 e. The standard InChI is InChI=1S/C18H28N2O2/c1-13(2)12-22-17-9-7-14(11-16(17)19)8-10-18(21)20-15-5-3-4-6-15/h7,9,11,13,15H,3-6,8,10,12,19H2,1-2H3,(H,20,21). The number of ether oxygens (including phenoxy) is 1. The summed E-state index contributed by atoms with van der Waals surface area (Å²) < 4.78 is 5.66. The molecule has 1 aliphatic carbocycles. The molecule has 0 unspecified atom stereocenters. The predicted octanol–water partition coefficient (Wildman–Crippen LogP) is 3.30. The highest BCUT2D eigenvalue weighted by Gasteiger charge is 2.16. The number of benzene rings is 1. The summed E-state index contributed by atoms with van der Waals surface area (Å²) in [5.74, 6) is 1.34. The molecule has 0 aliphatic heterocycles. The monoisotopic (exact) mass is 304 g/mol. The van der Waals surface area contributed by atoms with Crippen molar-refractivity contribution in [3.05, 3.63) is 23.8 Å². The smallest absolute Gasteiger partial charge is 0.220 e. The second kappa shape index (κ2) is 8.06. The maximum absolute atomic E-state index is 11.9. The van der Waals surface area contributed by atoms with Gasteiger partial charge < -0.3 is 15.8 Å². The number of aryl methyl sites for hydroxylation is 1. The number of nitrogens with two attached hydrogens (primary N) is 1. The molecule has 1 aliphatic rings. The van der Waals surface area contributed by atoms with Crippen molar-refractivity contribution in [2.75, 3.05) is 12.3 Å². The van der Waals surface area contributed by atoms with E-state index in [9.17, 15) is 4.79 Å². The summed E-state index contributed by atoms with van der Waals surface area (Å²) in [6.07, 6.45) is 5.95. The zero-order valence-corrected chi connectivity index (χ0v) is 13.7. The second-order valence-electron chi connectivity index (χ2n) is 6.63. The van der Waals surface area contributed by atoms with Gasteiger partial charge in [0.05, 0.1) is 12.3 Å². The van der Waals surface area contributed by atoms with Crippen molar-refractivity contribution < 1.29 is 9.53 Å². The highest BCUT2D eigenvalue weighted by atomic mass is 16.5. The fraction of sp³-hybridized carbons (Fsp3) is 0.611. The highest BCUT2D eigenvalue weighted by molar-refractivity contribution is 5.76. The number of amides is 1. The summed E-state index contributed by atoms with van der Waals surface area (Å²) in [7, 11) is 0. The first-order valence-electron chi connectivity index (χ1n) is 8.35. The van der Waals surface area contributed by atoms with Crippen molar-refractivity contribution >= 4 is 11.6 Å². The lowest BCUT2D eigenvalue weighted by molar-refractivity contribution is -0.121. The van der Waals surface area contributed by atoms with Gasteiger partial charge in [0.25, 0.3) is 0 Å². The Labute approximate surface area is 133 Å². The van der Waals surface area contributed by atoms with Crippen LogP contribution < -0.4 is 15.8 Å². The SMILES string of the molecule is CC(C)COc1ccc(CCC(=O)NC2CCCC2)cc1N. The molecule has 0 spiro atoms. The van der Waals surface area contributed by atoms with Crippen LogP contribution in [0.25, 0.3) is 0 Å². The molecular formula is C18H28N2O2. The van der Waals surface area contributed by atoms with Crippen LogP contribution in [0.3, 0.4) is 0 Å². The molecule has 1 saturated carbocycles. The van der Waals surface area contributed by atoms with Gasteiger partial charge in [-0.2, -0.15) is 0 Å². The van der Waals surface area contributed by atoms with E-state index < -0.39 is 0 Å². The van der Waals surface area contributed by atoms with E-state index in [4.69, 9.17) is 10.5 Å². The Morgan fingerprint density at radius 2 is 2.09 bits per heavy atom. The van der Waals surface area contributed by atoms with Gasteiger partial charge in [0.1, 0.15) is 5.75 Å². The van der Waals surface area contributed by atoms with Gasteiger partial charge in [-0.15, -0.1) is 0 Å². The normalized spacial score (nSPS) is 15.2. The molecule has 0 heterocycles. The molecule has 1 aromatic carbocycles. The van der Waals surface area contributed by atoms with E-state index in [2.05, 4.69) is 19.2 Å². The topological polar surface area (TPSA) is 64.3 Å². The summed E-state index contributed by atoms with van der Waals surface area (Å²) in [6.45, 7) is 4.87. The van der Waals surface area contributed by atoms with Gasteiger partial charge in [-0.1, -0.05) is 32.8 Å². The Balaban J connectivity index is 1.79. The van der Waals surface area contributed by atoms with Crippen molar-refractivity contribution in [3.63, 3.8) is 0 Å². The number of nitrogens with one attached hydrogen (secondary N) is 1. The van der Waals surface area contributed by atoms with E-state index in [1.54, 1.807) is 0 Å². The van der Waals surface area contributed by atoms with Crippen LogP contribution in [0.5, 0.6) is 5.75 Å². The number of carbonyl (C=O) groups excluding carboxylic acids is 1. The van der Waals surface area contributed by atoms with Gasteiger partial charge in [-0.25, -0.2) is 0 Å². The van der Waals surface area contributed by atoms with Crippen LogP contribution in [0.4, 0.5) is 5.69 Å². The lowest BCUT2D eigenvalue weighted by Crippen LogP contribution is -2.32. The van der Waals surface area contributed by atoms with Gasteiger partial charge in [0, 0.05) is 12.5 Å². The van der Waals surface area contributed by atoms with E-state index in [0.717, 1.165) is 24.2 Å². The van der Waals surface area contributed by atoms with E-state index in [0.29, 0.717) is 37.1 Å². The highest BCUT2D eigenvalue weighted by Crippen LogP contribution is 2.24. The Kier molecular flexibility index (Phi) is 6.10. The van der Waals surface area contributed by atoms with E-state index in [-0.39, 0.29) is 5.91 Å². The molecule has 122 valence electrons. The molecule has 0 saturated heterocycles. The molecule has 4 heteroatoms. The molecule has 4 nitrogen and oxygen atoms in total. The summed E-state index contributed by atoms with van der Waals surface area (Å²) >= 11 is 0. The second-order valence-corrected chi connectivity index (χ2v) is 6.63. The average molecular weight is 304 g/mol. The maximum Gasteiger partial charge on any atom is 0.220 e. The summed E-state index contributed by atoms with van der Waals surface area (Å²) in [4.78, 5) is 11.9. The minimum absolute atomic E-state index is 0.144. The lowest BCUT2D eigenvalue weighted by atomic mass is 10.1. The van der Waals surface area contributed by atoms with Crippen LogP contribution in [0.15, 0.2) is 18.2 Å². The largest absolute Gasteiger partial charge is 0.491 e. The van der Waals surface area contributed by atoms with Crippen LogP contribution >= 0.6 is 0 Å². The first kappa shape index (κ1) is 16.7. The van der Waals surface area contributed by atoms with Crippen molar-refractivity contribution in [3.8, 4) is 5.75 Å². The molecule has 22 heavy (non-hydrogen) atoms. The molecule has 1 amide bonds. The van der Waals surface area contributed by atoms with Crippen LogP contribution in [0.2, 0.25) is 0 Å². The third-order valence-electron chi connectivity index (χ3n) is 4.01. The predicted molar refractivity (Wildman–Crippen MR) is 89.9 cm³/mol. The van der Waals surface area contributed by atoms with Crippen LogP contribution in [-0.4, -0.2) is 18.6 Å². The Morgan fingerprint density at radius 1 is 1.36 bits per heavy atom. The molecule has 0 atom stereocenters. The maximum atomic E-state index is 11.9. The Bertz CT molecular complexity index is 494. The summed E-state index contributed by atoms with van der Waals surface area (Å²) in [5, 5.41) is 3.11. The van der Waals surface area contributed by atoms with E-state index in [1.807, 2.05) is 18.2 Å². The summed E-state index contributed by atoms with van der Waals surface area (Å²) in [6, 6.07) is 6.21. The molecule has 1 aromatic rings. The Hall–Kier alpha value is -1.71. The molecule has 1 fully saturated rings. The van der Waals surface area contributed by atoms with Crippen molar-refractivity contribution in [1.29, 1.82) is 0 Å². The van der Waals surface area contributed by atoms with Gasteiger partial charge in [0.15, 0.2) is 0 Å². The number of carbonyl (C=O) groups is 1. The molecule has 2 rings (SSSR count). The van der Waals surface area contributed by atoms with Gasteiger partial charge in [-0.3, -0.25) is 4.79 Å². The van der Waals surface area contributed by atoms with Crippen LogP contribution in [-0.2, 0) is 11.2 Å². The van der Waals surface area contributed by atoms with Crippen LogP contribution in [0, 0.1) is 5.92 Å². The van der Waals surface area contributed by atoms with E-state index in [1.165, 1.54) is 12.8 Å². The zero-order valence-electron chi connectivity index (χ0n) is 13.7. The molecule has 3 N–H and O–H groups in total. The van der Waals surface area contributed by atoms with Gasteiger partial charge in [-0.05, 0) is 42.9 Å². The number of nitrogen functional groups attached to an aromatic ring is 1. The molecule has 0 bridgehead atoms. The number of rotatable bonds is 7. The van der Waals surface area contributed by atoms with Crippen molar-refractivity contribution in [1.82, 2.24) is 5.32 Å². The van der Waals surface area contributed by atoms with Crippen molar-refractivity contribution in [2.24, 2.45) is 5.92 Å². The molecule has 0 radical (unpaired) electrons. The molecular weight excluding hydrogens is 276 g/mol. The third kappa shape index (κ3) is 5.24. The van der Waals surface area contributed by atoms with Crippen LogP contribution in [0.1, 0.15) is 51.5 Å². The van der Waals surface area contributed by atoms with Gasteiger partial charge >= 0.3 is 0 Å². The fourth-order valence-electron chi connectivity index (χ4n) is 2.77.